The summed E-state index contributed by atoms with van der Waals surface area (Å²) in [6.45, 7) is 0.592. The van der Waals surface area contributed by atoms with E-state index < -0.39 is 10.0 Å². The number of anilines is 1. The first-order chi connectivity index (χ1) is 8.02. The predicted octanol–water partition coefficient (Wildman–Crippen LogP) is 1.22. The summed E-state index contributed by atoms with van der Waals surface area (Å²) in [4.78, 5) is 4.42. The first kappa shape index (κ1) is 12.3. The Labute approximate surface area is 102 Å². The van der Waals surface area contributed by atoms with E-state index in [2.05, 4.69) is 10.3 Å². The van der Waals surface area contributed by atoms with Crippen LogP contribution in [-0.2, 0) is 10.0 Å². The van der Waals surface area contributed by atoms with E-state index in [9.17, 15) is 8.42 Å². The molecule has 1 aliphatic rings. The van der Waals surface area contributed by atoms with E-state index in [1.165, 1.54) is 10.6 Å². The van der Waals surface area contributed by atoms with Crippen LogP contribution in [-0.4, -0.2) is 37.6 Å². The van der Waals surface area contributed by atoms with Crippen LogP contribution >= 0.6 is 0 Å². The van der Waals surface area contributed by atoms with Crippen LogP contribution < -0.4 is 5.32 Å². The summed E-state index contributed by atoms with van der Waals surface area (Å²) in [5, 5.41) is 2.97. The molecule has 2 heterocycles. The van der Waals surface area contributed by atoms with Crippen LogP contribution in [0.25, 0.3) is 0 Å². The summed E-state index contributed by atoms with van der Waals surface area (Å²) in [6, 6.07) is 5.53. The van der Waals surface area contributed by atoms with Gasteiger partial charge in [-0.25, -0.2) is 13.4 Å². The van der Waals surface area contributed by atoms with Gasteiger partial charge in [-0.1, -0.05) is 6.07 Å². The van der Waals surface area contributed by atoms with E-state index in [4.69, 9.17) is 0 Å². The van der Waals surface area contributed by atoms with Crippen molar-refractivity contribution in [2.24, 2.45) is 0 Å². The molecule has 0 saturated carbocycles. The Hall–Kier alpha value is -1.14. The van der Waals surface area contributed by atoms with Crippen molar-refractivity contribution >= 4 is 15.8 Å². The van der Waals surface area contributed by atoms with E-state index in [-0.39, 0.29) is 6.04 Å². The zero-order valence-electron chi connectivity index (χ0n) is 10.0. The average Bonchev–Trinajstić information content (AvgIpc) is 2.77. The Morgan fingerprint density at radius 1 is 1.47 bits per heavy atom. The summed E-state index contributed by atoms with van der Waals surface area (Å²) in [5.41, 5.74) is 0.819. The molecule has 0 radical (unpaired) electrons. The highest BCUT2D eigenvalue weighted by Gasteiger charge is 2.33. The summed E-state index contributed by atoms with van der Waals surface area (Å²) in [7, 11) is -1.35. The highest BCUT2D eigenvalue weighted by atomic mass is 32.2. The summed E-state index contributed by atoms with van der Waals surface area (Å²) in [5.74, 6) is 0.767. The van der Waals surface area contributed by atoms with Gasteiger partial charge in [0.25, 0.3) is 0 Å². The van der Waals surface area contributed by atoms with E-state index in [0.717, 1.165) is 24.4 Å². The van der Waals surface area contributed by atoms with Crippen molar-refractivity contribution in [3.8, 4) is 0 Å². The van der Waals surface area contributed by atoms with Crippen LogP contribution in [0.3, 0.4) is 0 Å². The monoisotopic (exact) mass is 255 g/mol. The van der Waals surface area contributed by atoms with Crippen LogP contribution in [0.5, 0.6) is 0 Å². The van der Waals surface area contributed by atoms with Gasteiger partial charge in [-0.2, -0.15) is 4.31 Å². The number of hydrogen-bond donors (Lipinski definition) is 1. The van der Waals surface area contributed by atoms with E-state index >= 15 is 0 Å². The SMILES string of the molecule is CNc1cccc(C2CCCN2S(C)(=O)=O)n1. The van der Waals surface area contributed by atoms with Crippen LogP contribution in [0.2, 0.25) is 0 Å². The van der Waals surface area contributed by atoms with Crippen molar-refractivity contribution in [2.75, 3.05) is 25.2 Å². The fourth-order valence-electron chi connectivity index (χ4n) is 2.21. The van der Waals surface area contributed by atoms with E-state index in [1.807, 2.05) is 18.2 Å². The molecule has 17 heavy (non-hydrogen) atoms. The lowest BCUT2D eigenvalue weighted by molar-refractivity contribution is 0.394. The number of pyridine rings is 1. The second kappa shape index (κ2) is 4.62. The van der Waals surface area contributed by atoms with Crippen molar-refractivity contribution in [1.82, 2.24) is 9.29 Å². The molecule has 0 bridgehead atoms. The molecule has 1 fully saturated rings. The third-order valence-electron chi connectivity index (χ3n) is 3.00. The van der Waals surface area contributed by atoms with Crippen molar-refractivity contribution in [1.29, 1.82) is 0 Å². The predicted molar refractivity (Wildman–Crippen MR) is 67.3 cm³/mol. The van der Waals surface area contributed by atoms with Crippen molar-refractivity contribution in [3.05, 3.63) is 23.9 Å². The number of hydrogen-bond acceptors (Lipinski definition) is 4. The van der Waals surface area contributed by atoms with Crippen molar-refractivity contribution < 1.29 is 8.42 Å². The zero-order chi connectivity index (χ0) is 12.5. The van der Waals surface area contributed by atoms with Crippen LogP contribution in [0.15, 0.2) is 18.2 Å². The van der Waals surface area contributed by atoms with Gasteiger partial charge in [-0.3, -0.25) is 0 Å². The third kappa shape index (κ3) is 2.58. The van der Waals surface area contributed by atoms with Gasteiger partial charge in [0.2, 0.25) is 10.0 Å². The smallest absolute Gasteiger partial charge is 0.211 e. The Kier molecular flexibility index (Phi) is 3.35. The normalized spacial score (nSPS) is 21.6. The molecule has 1 saturated heterocycles. The minimum Gasteiger partial charge on any atom is -0.373 e. The fourth-order valence-corrected chi connectivity index (χ4v) is 3.35. The molecule has 2 rings (SSSR count). The largest absolute Gasteiger partial charge is 0.373 e. The van der Waals surface area contributed by atoms with Gasteiger partial charge in [0.1, 0.15) is 5.82 Å². The molecule has 5 nitrogen and oxygen atoms in total. The molecule has 0 aliphatic carbocycles. The number of rotatable bonds is 3. The minimum atomic E-state index is -3.15. The number of sulfonamides is 1. The van der Waals surface area contributed by atoms with Crippen molar-refractivity contribution in [2.45, 2.75) is 18.9 Å². The average molecular weight is 255 g/mol. The molecule has 1 aromatic heterocycles. The second-order valence-electron chi connectivity index (χ2n) is 4.23. The summed E-state index contributed by atoms with van der Waals surface area (Å²) in [6.07, 6.45) is 2.99. The molecule has 0 aromatic carbocycles. The fraction of sp³-hybridized carbons (Fsp3) is 0.545. The highest BCUT2D eigenvalue weighted by molar-refractivity contribution is 7.88. The lowest BCUT2D eigenvalue weighted by Gasteiger charge is -2.21. The molecule has 1 aromatic rings. The van der Waals surface area contributed by atoms with Gasteiger partial charge in [0, 0.05) is 13.6 Å². The maximum absolute atomic E-state index is 11.7. The quantitative estimate of drug-likeness (QED) is 0.882. The Morgan fingerprint density at radius 2 is 2.24 bits per heavy atom. The topological polar surface area (TPSA) is 62.3 Å². The number of nitrogens with one attached hydrogen (secondary N) is 1. The third-order valence-corrected chi connectivity index (χ3v) is 4.29. The van der Waals surface area contributed by atoms with Gasteiger partial charge in [-0.05, 0) is 25.0 Å². The summed E-state index contributed by atoms with van der Waals surface area (Å²) >= 11 is 0. The Bertz CT molecular complexity index is 501. The van der Waals surface area contributed by atoms with Crippen LogP contribution in [0.4, 0.5) is 5.82 Å². The second-order valence-corrected chi connectivity index (χ2v) is 6.16. The molecule has 1 atom stereocenters. The molecule has 6 heteroatoms. The summed E-state index contributed by atoms with van der Waals surface area (Å²) < 4.78 is 24.8. The van der Waals surface area contributed by atoms with Gasteiger partial charge in [-0.15, -0.1) is 0 Å². The molecule has 1 aliphatic heterocycles. The van der Waals surface area contributed by atoms with Gasteiger partial charge in [0.15, 0.2) is 0 Å². The first-order valence-corrected chi connectivity index (χ1v) is 7.49. The maximum atomic E-state index is 11.7. The first-order valence-electron chi connectivity index (χ1n) is 5.64. The van der Waals surface area contributed by atoms with Gasteiger partial charge < -0.3 is 5.32 Å². The molecular formula is C11H17N3O2S. The standard InChI is InChI=1S/C11H17N3O2S/c1-12-11-7-3-5-9(13-11)10-6-4-8-14(10)17(2,15)16/h3,5,7,10H,4,6,8H2,1-2H3,(H,12,13). The molecular weight excluding hydrogens is 238 g/mol. The van der Waals surface area contributed by atoms with Gasteiger partial charge >= 0.3 is 0 Å². The molecule has 1 unspecified atom stereocenters. The minimum absolute atomic E-state index is 0.113. The molecule has 0 spiro atoms. The van der Waals surface area contributed by atoms with Crippen LogP contribution in [0, 0.1) is 0 Å². The maximum Gasteiger partial charge on any atom is 0.211 e. The van der Waals surface area contributed by atoms with Gasteiger partial charge in [0.05, 0.1) is 18.0 Å². The van der Waals surface area contributed by atoms with E-state index in [0.29, 0.717) is 6.54 Å². The number of nitrogens with zero attached hydrogens (tertiary/aromatic N) is 2. The molecule has 0 amide bonds. The molecule has 94 valence electrons. The van der Waals surface area contributed by atoms with E-state index in [1.54, 1.807) is 7.05 Å². The molecule has 1 N–H and O–H groups in total. The van der Waals surface area contributed by atoms with Crippen LogP contribution in [0.1, 0.15) is 24.6 Å². The van der Waals surface area contributed by atoms with Crippen molar-refractivity contribution in [3.63, 3.8) is 0 Å². The highest BCUT2D eigenvalue weighted by Crippen LogP contribution is 2.33. The zero-order valence-corrected chi connectivity index (χ0v) is 10.9. The Balaban J connectivity index is 2.32. The lowest BCUT2D eigenvalue weighted by atomic mass is 10.1. The lowest BCUT2D eigenvalue weighted by Crippen LogP contribution is -2.29. The number of aromatic nitrogens is 1. The Morgan fingerprint density at radius 3 is 2.88 bits per heavy atom.